The largest absolute Gasteiger partial charge is 0.352 e. The highest BCUT2D eigenvalue weighted by Crippen LogP contribution is 2.29. The highest BCUT2D eigenvalue weighted by Gasteiger charge is 2.36. The molecule has 1 amide bonds. The molecule has 3 fully saturated rings. The number of piperidine rings is 2. The molecule has 0 radical (unpaired) electrons. The van der Waals surface area contributed by atoms with Gasteiger partial charge in [0.05, 0.1) is 0 Å². The second-order valence-electron chi connectivity index (χ2n) is 7.64. The van der Waals surface area contributed by atoms with Crippen LogP contribution in [-0.2, 0) is 4.79 Å². The third kappa shape index (κ3) is 3.65. The van der Waals surface area contributed by atoms with Crippen molar-refractivity contribution in [2.75, 3.05) is 13.1 Å². The fraction of sp³-hybridized carbons (Fsp3) is 0.650. The van der Waals surface area contributed by atoms with E-state index in [2.05, 4.69) is 27.7 Å². The average molecular weight is 327 g/mol. The summed E-state index contributed by atoms with van der Waals surface area (Å²) < 4.78 is 0. The van der Waals surface area contributed by atoms with Crippen LogP contribution in [0.15, 0.2) is 30.3 Å². The quantitative estimate of drug-likeness (QED) is 0.874. The summed E-state index contributed by atoms with van der Waals surface area (Å²) in [5, 5.41) is 6.95. The van der Waals surface area contributed by atoms with Crippen LogP contribution in [0.25, 0.3) is 0 Å². The molecular formula is C20H29N3O. The van der Waals surface area contributed by atoms with E-state index in [1.54, 1.807) is 0 Å². The first-order valence-corrected chi connectivity index (χ1v) is 9.67. The van der Waals surface area contributed by atoms with Gasteiger partial charge in [-0.05, 0) is 57.2 Å². The molecule has 1 aromatic rings. The molecule has 4 heteroatoms. The molecule has 2 heterocycles. The van der Waals surface area contributed by atoms with E-state index in [1.807, 2.05) is 18.2 Å². The molecule has 1 aliphatic carbocycles. The Morgan fingerprint density at radius 1 is 1.00 bits per heavy atom. The first kappa shape index (κ1) is 16.1. The number of carbonyl (C=O) groups is 1. The van der Waals surface area contributed by atoms with E-state index in [9.17, 15) is 4.79 Å². The third-order valence-corrected chi connectivity index (χ3v) is 5.79. The van der Waals surface area contributed by atoms with Gasteiger partial charge in [0.1, 0.15) is 6.04 Å². The third-order valence-electron chi connectivity index (χ3n) is 5.79. The number of hydrogen-bond donors (Lipinski definition) is 2. The van der Waals surface area contributed by atoms with Gasteiger partial charge < -0.3 is 5.32 Å². The lowest BCUT2D eigenvalue weighted by atomic mass is 9.88. The van der Waals surface area contributed by atoms with Crippen molar-refractivity contribution in [1.82, 2.24) is 15.5 Å². The number of rotatable bonds is 5. The summed E-state index contributed by atoms with van der Waals surface area (Å²) in [6.07, 6.45) is 8.60. The minimum Gasteiger partial charge on any atom is -0.352 e. The summed E-state index contributed by atoms with van der Waals surface area (Å²) in [5.41, 5.74) is 1.09. The van der Waals surface area contributed by atoms with Crippen LogP contribution in [0.5, 0.6) is 0 Å². The molecule has 2 saturated heterocycles. The molecule has 3 unspecified atom stereocenters. The molecule has 1 aromatic carbocycles. The Kier molecular flexibility index (Phi) is 4.86. The van der Waals surface area contributed by atoms with E-state index < -0.39 is 0 Å². The standard InChI is InChI=1S/C20H29N3O/c24-20(21-16-11-12-16)19(15-7-2-1-3-8-15)22-17-9-6-14-23-13-5-4-10-18(17)23/h1-3,7-8,16-19,22H,4-6,9-14H2,(H,21,24). The highest BCUT2D eigenvalue weighted by atomic mass is 16.2. The average Bonchev–Trinajstić information content (AvgIpc) is 3.44. The second kappa shape index (κ2) is 7.24. The van der Waals surface area contributed by atoms with Crippen LogP contribution >= 0.6 is 0 Å². The Morgan fingerprint density at radius 2 is 1.79 bits per heavy atom. The number of hydrogen-bond acceptors (Lipinski definition) is 3. The molecule has 2 aliphatic heterocycles. The number of nitrogens with zero attached hydrogens (tertiary/aromatic N) is 1. The lowest BCUT2D eigenvalue weighted by Crippen LogP contribution is -2.57. The molecule has 0 bridgehead atoms. The Balaban J connectivity index is 1.50. The Hall–Kier alpha value is -1.39. The maximum absolute atomic E-state index is 12.8. The fourth-order valence-corrected chi connectivity index (χ4v) is 4.35. The predicted octanol–water partition coefficient (Wildman–Crippen LogP) is 2.61. The Morgan fingerprint density at radius 3 is 2.58 bits per heavy atom. The van der Waals surface area contributed by atoms with Gasteiger partial charge in [-0.1, -0.05) is 36.8 Å². The van der Waals surface area contributed by atoms with Gasteiger partial charge in [-0.3, -0.25) is 15.0 Å². The van der Waals surface area contributed by atoms with Crippen LogP contribution in [0.1, 0.15) is 56.6 Å². The number of amides is 1. The SMILES string of the molecule is O=C(NC1CC1)C(NC1CCCN2CCCCC12)c1ccccc1. The van der Waals surface area contributed by atoms with Crippen LogP contribution in [0, 0.1) is 0 Å². The van der Waals surface area contributed by atoms with Crippen LogP contribution in [-0.4, -0.2) is 42.0 Å². The van der Waals surface area contributed by atoms with E-state index in [0.29, 0.717) is 18.1 Å². The van der Waals surface area contributed by atoms with Crippen molar-refractivity contribution in [1.29, 1.82) is 0 Å². The zero-order chi connectivity index (χ0) is 16.4. The molecule has 130 valence electrons. The molecule has 1 saturated carbocycles. The van der Waals surface area contributed by atoms with Gasteiger partial charge in [0.25, 0.3) is 0 Å². The van der Waals surface area contributed by atoms with Gasteiger partial charge in [0.2, 0.25) is 5.91 Å². The van der Waals surface area contributed by atoms with Crippen LogP contribution in [0.3, 0.4) is 0 Å². The van der Waals surface area contributed by atoms with Crippen molar-refractivity contribution in [2.24, 2.45) is 0 Å². The van der Waals surface area contributed by atoms with Gasteiger partial charge in [0.15, 0.2) is 0 Å². The fourth-order valence-electron chi connectivity index (χ4n) is 4.35. The van der Waals surface area contributed by atoms with E-state index in [-0.39, 0.29) is 11.9 Å². The molecule has 0 aromatic heterocycles. The van der Waals surface area contributed by atoms with Crippen LogP contribution < -0.4 is 10.6 Å². The van der Waals surface area contributed by atoms with Gasteiger partial charge >= 0.3 is 0 Å². The van der Waals surface area contributed by atoms with Gasteiger partial charge in [0, 0.05) is 18.1 Å². The smallest absolute Gasteiger partial charge is 0.241 e. The highest BCUT2D eigenvalue weighted by molar-refractivity contribution is 5.83. The van der Waals surface area contributed by atoms with Crippen LogP contribution in [0.2, 0.25) is 0 Å². The number of carbonyl (C=O) groups excluding carboxylic acids is 1. The predicted molar refractivity (Wildman–Crippen MR) is 95.7 cm³/mol. The molecule has 2 N–H and O–H groups in total. The van der Waals surface area contributed by atoms with Gasteiger partial charge in [-0.15, -0.1) is 0 Å². The van der Waals surface area contributed by atoms with E-state index in [1.165, 1.54) is 45.2 Å². The molecular weight excluding hydrogens is 298 g/mol. The van der Waals surface area contributed by atoms with Crippen LogP contribution in [0.4, 0.5) is 0 Å². The summed E-state index contributed by atoms with van der Waals surface area (Å²) in [7, 11) is 0. The maximum atomic E-state index is 12.8. The molecule has 3 aliphatic rings. The number of benzene rings is 1. The molecule has 4 nitrogen and oxygen atoms in total. The summed E-state index contributed by atoms with van der Waals surface area (Å²) in [5.74, 6) is 0.150. The molecule has 4 rings (SSSR count). The minimum atomic E-state index is -0.223. The molecule has 3 atom stereocenters. The number of fused-ring (bicyclic) bond motifs is 1. The van der Waals surface area contributed by atoms with Gasteiger partial charge in [-0.2, -0.15) is 0 Å². The first-order chi connectivity index (χ1) is 11.8. The summed E-state index contributed by atoms with van der Waals surface area (Å²) in [4.78, 5) is 15.5. The van der Waals surface area contributed by atoms with E-state index in [0.717, 1.165) is 18.4 Å². The first-order valence-electron chi connectivity index (χ1n) is 9.67. The second-order valence-corrected chi connectivity index (χ2v) is 7.64. The van der Waals surface area contributed by atoms with Crippen molar-refractivity contribution in [3.05, 3.63) is 35.9 Å². The van der Waals surface area contributed by atoms with Crippen molar-refractivity contribution >= 4 is 5.91 Å². The summed E-state index contributed by atoms with van der Waals surface area (Å²) in [6, 6.07) is 11.4. The summed E-state index contributed by atoms with van der Waals surface area (Å²) >= 11 is 0. The number of nitrogens with one attached hydrogen (secondary N) is 2. The van der Waals surface area contributed by atoms with Crippen molar-refractivity contribution < 1.29 is 4.79 Å². The monoisotopic (exact) mass is 327 g/mol. The molecule has 0 spiro atoms. The van der Waals surface area contributed by atoms with Crippen molar-refractivity contribution in [3.63, 3.8) is 0 Å². The van der Waals surface area contributed by atoms with Crippen molar-refractivity contribution in [3.8, 4) is 0 Å². The minimum absolute atomic E-state index is 0.150. The zero-order valence-corrected chi connectivity index (χ0v) is 14.4. The summed E-state index contributed by atoms with van der Waals surface area (Å²) in [6.45, 7) is 2.46. The normalized spacial score (nSPS) is 28.8. The van der Waals surface area contributed by atoms with E-state index in [4.69, 9.17) is 0 Å². The lowest BCUT2D eigenvalue weighted by Gasteiger charge is -2.45. The Labute approximate surface area is 145 Å². The lowest BCUT2D eigenvalue weighted by molar-refractivity contribution is -0.124. The van der Waals surface area contributed by atoms with E-state index >= 15 is 0 Å². The van der Waals surface area contributed by atoms with Crippen molar-refractivity contribution in [2.45, 2.75) is 69.1 Å². The molecule has 24 heavy (non-hydrogen) atoms. The maximum Gasteiger partial charge on any atom is 0.241 e. The topological polar surface area (TPSA) is 44.4 Å². The Bertz CT molecular complexity index is 555. The zero-order valence-electron chi connectivity index (χ0n) is 14.4. The van der Waals surface area contributed by atoms with Gasteiger partial charge in [-0.25, -0.2) is 0 Å².